The molecule has 1 fully saturated rings. The summed E-state index contributed by atoms with van der Waals surface area (Å²) in [5, 5.41) is 3.45. The number of hydrogen-bond acceptors (Lipinski definition) is 3. The number of benzene rings is 2. The van der Waals surface area contributed by atoms with E-state index in [-0.39, 0.29) is 5.91 Å². The van der Waals surface area contributed by atoms with Crippen LogP contribution < -0.4 is 11.1 Å². The molecule has 0 aliphatic carbocycles. The molecule has 24 heavy (non-hydrogen) atoms. The van der Waals surface area contributed by atoms with Crippen molar-refractivity contribution in [2.24, 2.45) is 5.73 Å². The molecule has 0 aromatic heterocycles. The van der Waals surface area contributed by atoms with E-state index in [0.29, 0.717) is 6.04 Å². The maximum Gasteiger partial charge on any atom is 0.239 e. The molecule has 3 rings (SSSR count). The Bertz CT molecular complexity index is 636. The standard InChI is InChI=1S/C20H25N3O/c21-20(24)19(17-9-5-2-6-10-17)22-18-11-13-23(14-12-18)15-16-7-3-1-4-8-16/h1-10,18-19,22H,11-15H2,(H2,21,24)/t19-/m1/s1. The van der Waals surface area contributed by atoms with E-state index in [2.05, 4.69) is 34.5 Å². The lowest BCUT2D eigenvalue weighted by molar-refractivity contribution is -0.120. The molecule has 1 aliphatic rings. The second kappa shape index (κ2) is 8.08. The molecular formula is C20H25N3O. The lowest BCUT2D eigenvalue weighted by Gasteiger charge is -2.34. The first kappa shape index (κ1) is 16.7. The monoisotopic (exact) mass is 323 g/mol. The van der Waals surface area contributed by atoms with Gasteiger partial charge in [-0.2, -0.15) is 0 Å². The number of piperidine rings is 1. The van der Waals surface area contributed by atoms with Crippen molar-refractivity contribution in [3.8, 4) is 0 Å². The van der Waals surface area contributed by atoms with Gasteiger partial charge in [0, 0.05) is 12.6 Å². The summed E-state index contributed by atoms with van der Waals surface area (Å²) in [7, 11) is 0. The van der Waals surface area contributed by atoms with Crippen LogP contribution in [0.1, 0.15) is 30.0 Å². The van der Waals surface area contributed by atoms with Gasteiger partial charge < -0.3 is 5.73 Å². The Morgan fingerprint density at radius 1 is 1.04 bits per heavy atom. The van der Waals surface area contributed by atoms with Crippen molar-refractivity contribution in [2.45, 2.75) is 31.5 Å². The zero-order chi connectivity index (χ0) is 16.8. The van der Waals surface area contributed by atoms with Crippen molar-refractivity contribution in [3.05, 3.63) is 71.8 Å². The summed E-state index contributed by atoms with van der Waals surface area (Å²) in [5.41, 5.74) is 7.90. The number of primary amides is 1. The highest BCUT2D eigenvalue weighted by Crippen LogP contribution is 2.19. The third-order valence-electron chi connectivity index (χ3n) is 4.66. The minimum atomic E-state index is -0.406. The van der Waals surface area contributed by atoms with Gasteiger partial charge in [-0.25, -0.2) is 0 Å². The number of hydrogen-bond donors (Lipinski definition) is 2. The average molecular weight is 323 g/mol. The molecular weight excluding hydrogens is 298 g/mol. The number of amides is 1. The Morgan fingerprint density at radius 2 is 1.62 bits per heavy atom. The highest BCUT2D eigenvalue weighted by molar-refractivity contribution is 5.81. The number of carbonyl (C=O) groups is 1. The fraction of sp³-hybridized carbons (Fsp3) is 0.350. The molecule has 0 radical (unpaired) electrons. The van der Waals surface area contributed by atoms with Crippen molar-refractivity contribution in [1.82, 2.24) is 10.2 Å². The third kappa shape index (κ3) is 4.43. The zero-order valence-corrected chi connectivity index (χ0v) is 13.9. The van der Waals surface area contributed by atoms with Gasteiger partial charge in [0.15, 0.2) is 0 Å². The molecule has 1 amide bonds. The quantitative estimate of drug-likeness (QED) is 0.858. The van der Waals surface area contributed by atoms with Crippen LogP contribution in [0.25, 0.3) is 0 Å². The van der Waals surface area contributed by atoms with E-state index in [4.69, 9.17) is 5.73 Å². The van der Waals surface area contributed by atoms with Gasteiger partial charge in [-0.1, -0.05) is 60.7 Å². The number of nitrogens with one attached hydrogen (secondary N) is 1. The average Bonchev–Trinajstić information content (AvgIpc) is 2.62. The fourth-order valence-electron chi connectivity index (χ4n) is 3.32. The van der Waals surface area contributed by atoms with Gasteiger partial charge in [-0.3, -0.25) is 15.0 Å². The SMILES string of the molecule is NC(=O)[C@H](NC1CCN(Cc2ccccc2)CC1)c1ccccc1. The highest BCUT2D eigenvalue weighted by Gasteiger charge is 2.25. The first-order valence-electron chi connectivity index (χ1n) is 8.59. The van der Waals surface area contributed by atoms with Crippen LogP contribution in [0, 0.1) is 0 Å². The Morgan fingerprint density at radius 3 is 2.21 bits per heavy atom. The van der Waals surface area contributed by atoms with Gasteiger partial charge >= 0.3 is 0 Å². The van der Waals surface area contributed by atoms with Gasteiger partial charge in [0.2, 0.25) is 5.91 Å². The largest absolute Gasteiger partial charge is 0.368 e. The summed E-state index contributed by atoms with van der Waals surface area (Å²) < 4.78 is 0. The van der Waals surface area contributed by atoms with Gasteiger partial charge in [0.1, 0.15) is 6.04 Å². The molecule has 0 spiro atoms. The van der Waals surface area contributed by atoms with Crippen LogP contribution in [0.4, 0.5) is 0 Å². The maximum absolute atomic E-state index is 11.8. The lowest BCUT2D eigenvalue weighted by Crippen LogP contribution is -2.46. The van der Waals surface area contributed by atoms with E-state index < -0.39 is 6.04 Å². The Kier molecular flexibility index (Phi) is 5.62. The summed E-state index contributed by atoms with van der Waals surface area (Å²) in [5.74, 6) is -0.312. The van der Waals surface area contributed by atoms with Crippen molar-refractivity contribution in [3.63, 3.8) is 0 Å². The second-order valence-electron chi connectivity index (χ2n) is 6.45. The molecule has 0 bridgehead atoms. The topological polar surface area (TPSA) is 58.4 Å². The molecule has 0 unspecified atom stereocenters. The van der Waals surface area contributed by atoms with Crippen LogP contribution in [0.15, 0.2) is 60.7 Å². The van der Waals surface area contributed by atoms with E-state index in [1.807, 2.05) is 36.4 Å². The fourth-order valence-corrected chi connectivity index (χ4v) is 3.32. The smallest absolute Gasteiger partial charge is 0.239 e. The zero-order valence-electron chi connectivity index (χ0n) is 13.9. The molecule has 2 aromatic carbocycles. The van der Waals surface area contributed by atoms with Gasteiger partial charge in [0.25, 0.3) is 0 Å². The highest BCUT2D eigenvalue weighted by atomic mass is 16.1. The number of nitrogens with two attached hydrogens (primary N) is 1. The van der Waals surface area contributed by atoms with Crippen LogP contribution in [0.2, 0.25) is 0 Å². The van der Waals surface area contributed by atoms with Crippen molar-refractivity contribution < 1.29 is 4.79 Å². The van der Waals surface area contributed by atoms with Crippen LogP contribution in [0.5, 0.6) is 0 Å². The van der Waals surface area contributed by atoms with Crippen LogP contribution >= 0.6 is 0 Å². The summed E-state index contributed by atoms with van der Waals surface area (Å²) >= 11 is 0. The molecule has 1 saturated heterocycles. The van der Waals surface area contributed by atoms with Gasteiger partial charge in [-0.15, -0.1) is 0 Å². The summed E-state index contributed by atoms with van der Waals surface area (Å²) in [6.07, 6.45) is 2.06. The van der Waals surface area contributed by atoms with E-state index in [0.717, 1.165) is 38.0 Å². The number of carbonyl (C=O) groups excluding carboxylic acids is 1. The normalized spacial score (nSPS) is 17.5. The third-order valence-corrected chi connectivity index (χ3v) is 4.66. The lowest BCUT2D eigenvalue weighted by atomic mass is 10.00. The molecule has 1 atom stereocenters. The van der Waals surface area contributed by atoms with Gasteiger partial charge in [0.05, 0.1) is 0 Å². The maximum atomic E-state index is 11.8. The number of rotatable bonds is 6. The Balaban J connectivity index is 1.53. The van der Waals surface area contributed by atoms with Crippen LogP contribution in [-0.2, 0) is 11.3 Å². The first-order valence-corrected chi connectivity index (χ1v) is 8.59. The summed E-state index contributed by atoms with van der Waals surface area (Å²) in [6, 6.07) is 20.2. The van der Waals surface area contributed by atoms with E-state index >= 15 is 0 Å². The Labute approximate surface area is 143 Å². The minimum Gasteiger partial charge on any atom is -0.368 e. The molecule has 4 nitrogen and oxygen atoms in total. The molecule has 3 N–H and O–H groups in total. The Hall–Kier alpha value is -2.17. The summed E-state index contributed by atoms with van der Waals surface area (Å²) in [6.45, 7) is 3.06. The minimum absolute atomic E-state index is 0.312. The molecule has 0 saturated carbocycles. The van der Waals surface area contributed by atoms with Crippen molar-refractivity contribution in [2.75, 3.05) is 13.1 Å². The number of nitrogens with zero attached hydrogens (tertiary/aromatic N) is 1. The van der Waals surface area contributed by atoms with E-state index in [1.165, 1.54) is 5.56 Å². The second-order valence-corrected chi connectivity index (χ2v) is 6.45. The molecule has 2 aromatic rings. The molecule has 4 heteroatoms. The van der Waals surface area contributed by atoms with Crippen LogP contribution in [-0.4, -0.2) is 29.9 Å². The number of likely N-dealkylation sites (tertiary alicyclic amines) is 1. The van der Waals surface area contributed by atoms with E-state index in [9.17, 15) is 4.79 Å². The summed E-state index contributed by atoms with van der Waals surface area (Å²) in [4.78, 5) is 14.3. The molecule has 1 aliphatic heterocycles. The molecule has 126 valence electrons. The predicted molar refractivity (Wildman–Crippen MR) is 96.3 cm³/mol. The predicted octanol–water partition coefficient (Wildman–Crippen LogP) is 2.47. The van der Waals surface area contributed by atoms with Crippen molar-refractivity contribution >= 4 is 5.91 Å². The van der Waals surface area contributed by atoms with E-state index in [1.54, 1.807) is 0 Å². The van der Waals surface area contributed by atoms with Crippen molar-refractivity contribution in [1.29, 1.82) is 0 Å². The first-order chi connectivity index (χ1) is 11.7. The molecule has 1 heterocycles. The van der Waals surface area contributed by atoms with Crippen LogP contribution in [0.3, 0.4) is 0 Å². The van der Waals surface area contributed by atoms with Gasteiger partial charge in [-0.05, 0) is 37.1 Å².